The third kappa shape index (κ3) is 5.01. The monoisotopic (exact) mass is 268 g/mol. The van der Waals surface area contributed by atoms with E-state index in [9.17, 15) is 4.79 Å². The number of nitrogens with one attached hydrogen (secondary N) is 1. The number of hydrogen-bond acceptors (Lipinski definition) is 3. The van der Waals surface area contributed by atoms with E-state index in [1.165, 1.54) is 51.6 Å². The lowest BCUT2D eigenvalue weighted by atomic mass is 9.88. The van der Waals surface area contributed by atoms with Crippen LogP contribution in [0.3, 0.4) is 0 Å². The van der Waals surface area contributed by atoms with E-state index in [-0.39, 0.29) is 12.1 Å². The molecule has 1 saturated carbocycles. The number of hydrogen-bond donors (Lipinski definition) is 1. The van der Waals surface area contributed by atoms with Crippen molar-refractivity contribution in [2.24, 2.45) is 5.92 Å². The topological polar surface area (TPSA) is 41.6 Å². The van der Waals surface area contributed by atoms with Crippen LogP contribution in [-0.4, -0.2) is 43.3 Å². The fraction of sp³-hybridized carbons (Fsp3) is 0.933. The quantitative estimate of drug-likeness (QED) is 0.852. The Kier molecular flexibility index (Phi) is 5.95. The van der Waals surface area contributed by atoms with Gasteiger partial charge in [0.15, 0.2) is 0 Å². The second-order valence-electron chi connectivity index (χ2n) is 5.97. The molecule has 1 N–H and O–H groups in total. The molecule has 0 aromatic carbocycles. The molecule has 2 rings (SSSR count). The molecule has 1 aliphatic carbocycles. The summed E-state index contributed by atoms with van der Waals surface area (Å²) >= 11 is 0. The second kappa shape index (κ2) is 7.73. The van der Waals surface area contributed by atoms with Crippen molar-refractivity contribution in [3.05, 3.63) is 0 Å². The number of likely N-dealkylation sites (tertiary alicyclic amines) is 1. The lowest BCUT2D eigenvalue weighted by Gasteiger charge is -2.36. The van der Waals surface area contributed by atoms with Gasteiger partial charge >= 0.3 is 6.09 Å². The van der Waals surface area contributed by atoms with E-state index in [2.05, 4.69) is 10.2 Å². The second-order valence-corrected chi connectivity index (χ2v) is 5.97. The van der Waals surface area contributed by atoms with Crippen LogP contribution in [-0.2, 0) is 4.74 Å². The summed E-state index contributed by atoms with van der Waals surface area (Å²) in [6.07, 6.45) is 9.03. The van der Waals surface area contributed by atoms with E-state index in [0.717, 1.165) is 18.9 Å². The fourth-order valence-electron chi connectivity index (χ4n) is 3.41. The van der Waals surface area contributed by atoms with E-state index in [1.54, 1.807) is 0 Å². The molecule has 110 valence electrons. The predicted molar refractivity (Wildman–Crippen MR) is 76.2 cm³/mol. The minimum Gasteiger partial charge on any atom is -0.450 e. The molecule has 0 spiro atoms. The summed E-state index contributed by atoms with van der Waals surface area (Å²) in [5.74, 6) is 0.884. The highest BCUT2D eigenvalue weighted by atomic mass is 16.5. The van der Waals surface area contributed by atoms with Gasteiger partial charge in [-0.3, -0.25) is 0 Å². The smallest absolute Gasteiger partial charge is 0.407 e. The summed E-state index contributed by atoms with van der Waals surface area (Å²) in [5.41, 5.74) is 0. The van der Waals surface area contributed by atoms with Gasteiger partial charge in [0, 0.05) is 19.1 Å². The fourth-order valence-corrected chi connectivity index (χ4v) is 3.41. The SMILES string of the molecule is CCOC(=O)NC1CCCN(CC2CCCCC2)C1. The third-order valence-corrected chi connectivity index (χ3v) is 4.34. The standard InChI is InChI=1S/C15H28N2O2/c1-2-19-15(18)16-14-9-6-10-17(12-14)11-13-7-4-3-5-8-13/h13-14H,2-12H2,1H3,(H,16,18). The van der Waals surface area contributed by atoms with Gasteiger partial charge in [0.2, 0.25) is 0 Å². The molecular weight excluding hydrogens is 240 g/mol. The number of amides is 1. The van der Waals surface area contributed by atoms with Crippen LogP contribution in [0.25, 0.3) is 0 Å². The summed E-state index contributed by atoms with van der Waals surface area (Å²) in [4.78, 5) is 14.0. The first kappa shape index (κ1) is 14.6. The molecule has 0 radical (unpaired) electrons. The maximum absolute atomic E-state index is 11.5. The maximum atomic E-state index is 11.5. The Bertz CT molecular complexity index is 277. The Morgan fingerprint density at radius 1 is 1.21 bits per heavy atom. The van der Waals surface area contributed by atoms with Crippen molar-refractivity contribution in [3.8, 4) is 0 Å². The summed E-state index contributed by atoms with van der Waals surface area (Å²) < 4.78 is 4.96. The van der Waals surface area contributed by atoms with Gasteiger partial charge in [0.1, 0.15) is 0 Å². The normalized spacial score (nSPS) is 26.1. The number of carbonyl (C=O) groups is 1. The molecule has 1 unspecified atom stereocenters. The predicted octanol–water partition coefficient (Wildman–Crippen LogP) is 2.78. The van der Waals surface area contributed by atoms with Crippen molar-refractivity contribution in [1.82, 2.24) is 10.2 Å². The number of carbonyl (C=O) groups excluding carboxylic acids is 1. The average molecular weight is 268 g/mol. The lowest BCUT2D eigenvalue weighted by Crippen LogP contribution is -2.49. The van der Waals surface area contributed by atoms with E-state index >= 15 is 0 Å². The zero-order valence-electron chi connectivity index (χ0n) is 12.2. The summed E-state index contributed by atoms with van der Waals surface area (Å²) in [7, 11) is 0. The van der Waals surface area contributed by atoms with Crippen LogP contribution in [0.15, 0.2) is 0 Å². The number of rotatable bonds is 4. The summed E-state index contributed by atoms with van der Waals surface area (Å²) in [6.45, 7) is 5.70. The van der Waals surface area contributed by atoms with Crippen LogP contribution < -0.4 is 5.32 Å². The van der Waals surface area contributed by atoms with Crippen molar-refractivity contribution >= 4 is 6.09 Å². The van der Waals surface area contributed by atoms with Crippen molar-refractivity contribution in [2.45, 2.75) is 57.9 Å². The van der Waals surface area contributed by atoms with E-state index in [0.29, 0.717) is 6.61 Å². The van der Waals surface area contributed by atoms with Crippen LogP contribution in [0.1, 0.15) is 51.9 Å². The lowest BCUT2D eigenvalue weighted by molar-refractivity contribution is 0.124. The molecule has 19 heavy (non-hydrogen) atoms. The largest absolute Gasteiger partial charge is 0.450 e. The highest BCUT2D eigenvalue weighted by molar-refractivity contribution is 5.67. The van der Waals surface area contributed by atoms with Gasteiger partial charge in [-0.05, 0) is 45.1 Å². The Labute approximate surface area is 116 Å². The van der Waals surface area contributed by atoms with E-state index in [1.807, 2.05) is 6.92 Å². The van der Waals surface area contributed by atoms with E-state index < -0.39 is 0 Å². The van der Waals surface area contributed by atoms with Gasteiger partial charge in [0.05, 0.1) is 6.61 Å². The van der Waals surface area contributed by atoms with Crippen molar-refractivity contribution in [3.63, 3.8) is 0 Å². The highest BCUT2D eigenvalue weighted by Crippen LogP contribution is 2.25. The van der Waals surface area contributed by atoms with Gasteiger partial charge < -0.3 is 15.0 Å². The Hall–Kier alpha value is -0.770. The molecule has 1 saturated heterocycles. The van der Waals surface area contributed by atoms with Gasteiger partial charge in [-0.25, -0.2) is 4.79 Å². The van der Waals surface area contributed by atoms with Gasteiger partial charge in [-0.2, -0.15) is 0 Å². The molecule has 4 heteroatoms. The van der Waals surface area contributed by atoms with Crippen molar-refractivity contribution in [1.29, 1.82) is 0 Å². The maximum Gasteiger partial charge on any atom is 0.407 e. The molecule has 1 amide bonds. The van der Waals surface area contributed by atoms with Crippen molar-refractivity contribution < 1.29 is 9.53 Å². The van der Waals surface area contributed by atoms with Gasteiger partial charge in [0.25, 0.3) is 0 Å². The minimum atomic E-state index is -0.257. The molecule has 1 atom stereocenters. The van der Waals surface area contributed by atoms with Crippen LogP contribution in [0.2, 0.25) is 0 Å². The van der Waals surface area contributed by atoms with Crippen LogP contribution in [0.5, 0.6) is 0 Å². The van der Waals surface area contributed by atoms with Crippen LogP contribution in [0, 0.1) is 5.92 Å². The van der Waals surface area contributed by atoms with Gasteiger partial charge in [-0.15, -0.1) is 0 Å². The van der Waals surface area contributed by atoms with Crippen molar-refractivity contribution in [2.75, 3.05) is 26.2 Å². The molecule has 2 fully saturated rings. The first-order chi connectivity index (χ1) is 9.28. The number of nitrogens with zero attached hydrogens (tertiary/aromatic N) is 1. The number of piperidine rings is 1. The van der Waals surface area contributed by atoms with Gasteiger partial charge in [-0.1, -0.05) is 19.3 Å². The summed E-state index contributed by atoms with van der Waals surface area (Å²) in [6, 6.07) is 0.274. The first-order valence-corrected chi connectivity index (χ1v) is 7.93. The minimum absolute atomic E-state index is 0.257. The third-order valence-electron chi connectivity index (χ3n) is 4.34. The van der Waals surface area contributed by atoms with Crippen LogP contribution >= 0.6 is 0 Å². The Morgan fingerprint density at radius 2 is 2.00 bits per heavy atom. The zero-order valence-corrected chi connectivity index (χ0v) is 12.2. The van der Waals surface area contributed by atoms with Crippen LogP contribution in [0.4, 0.5) is 4.79 Å². The molecule has 0 aromatic heterocycles. The molecule has 1 heterocycles. The molecule has 4 nitrogen and oxygen atoms in total. The molecule has 2 aliphatic rings. The first-order valence-electron chi connectivity index (χ1n) is 7.93. The Balaban J connectivity index is 1.71. The summed E-state index contributed by atoms with van der Waals surface area (Å²) in [5, 5.41) is 2.98. The molecular formula is C15H28N2O2. The molecule has 0 aromatic rings. The molecule has 0 bridgehead atoms. The van der Waals surface area contributed by atoms with E-state index in [4.69, 9.17) is 4.74 Å². The Morgan fingerprint density at radius 3 is 2.74 bits per heavy atom. The number of ether oxygens (including phenoxy) is 1. The average Bonchev–Trinajstić information content (AvgIpc) is 2.40. The highest BCUT2D eigenvalue weighted by Gasteiger charge is 2.24. The molecule has 1 aliphatic heterocycles. The zero-order chi connectivity index (χ0) is 13.5. The number of alkyl carbamates (subject to hydrolysis) is 1.